The second kappa shape index (κ2) is 7.26. The van der Waals surface area contributed by atoms with Crippen LogP contribution in [0.4, 0.5) is 0 Å². The van der Waals surface area contributed by atoms with Crippen LogP contribution in [0.5, 0.6) is 5.75 Å². The van der Waals surface area contributed by atoms with Crippen LogP contribution in [0.3, 0.4) is 0 Å². The van der Waals surface area contributed by atoms with E-state index in [1.807, 2.05) is 23.2 Å². The Balaban J connectivity index is 1.71. The molecule has 2 aliphatic heterocycles. The predicted molar refractivity (Wildman–Crippen MR) is 105 cm³/mol. The number of benzene rings is 2. The highest BCUT2D eigenvalue weighted by Gasteiger charge is 2.33. The highest BCUT2D eigenvalue weighted by Crippen LogP contribution is 2.40. The van der Waals surface area contributed by atoms with E-state index in [9.17, 15) is 8.42 Å². The van der Waals surface area contributed by atoms with E-state index < -0.39 is 9.84 Å². The Bertz CT molecular complexity index is 928. The van der Waals surface area contributed by atoms with Crippen molar-refractivity contribution in [3.63, 3.8) is 0 Å². The van der Waals surface area contributed by atoms with Gasteiger partial charge >= 0.3 is 0 Å². The Morgan fingerprint density at radius 2 is 2.00 bits per heavy atom. The first-order valence-electron chi connectivity index (χ1n) is 9.48. The maximum absolute atomic E-state index is 12.1. The molecule has 0 aliphatic carbocycles. The Hall–Kier alpha value is -1.89. The minimum absolute atomic E-state index is 0.124. The summed E-state index contributed by atoms with van der Waals surface area (Å²) >= 11 is 0. The summed E-state index contributed by atoms with van der Waals surface area (Å²) in [7, 11) is -3.25. The summed E-state index contributed by atoms with van der Waals surface area (Å²) in [6.07, 6.45) is 4.90. The number of nitrogens with two attached hydrogens (primary N) is 1. The number of fused-ring (bicyclic) bond motifs is 1. The quantitative estimate of drug-likeness (QED) is 0.818. The van der Waals surface area contributed by atoms with Gasteiger partial charge < -0.3 is 4.74 Å². The summed E-state index contributed by atoms with van der Waals surface area (Å²) < 4.78 is 30.2. The normalized spacial score (nSPS) is 23.0. The van der Waals surface area contributed by atoms with Crippen LogP contribution in [0, 0.1) is 5.92 Å². The molecule has 1 fully saturated rings. The zero-order chi connectivity index (χ0) is 19.0. The molecular formula is C21H26N2O3S. The molecule has 5 nitrogen and oxygen atoms in total. The Labute approximate surface area is 161 Å². The third-order valence-electron chi connectivity index (χ3n) is 5.68. The van der Waals surface area contributed by atoms with Gasteiger partial charge in [-0.05, 0) is 54.0 Å². The largest absolute Gasteiger partial charge is 0.493 e. The SMILES string of the molecule is CS(=O)(=O)c1cc2c(c(C[C@@H]3CCCN(N)[C@@H]3c3ccccc3)c1)OCC2. The summed E-state index contributed by atoms with van der Waals surface area (Å²) in [6, 6.07) is 14.0. The van der Waals surface area contributed by atoms with E-state index in [1.54, 1.807) is 12.1 Å². The molecule has 144 valence electrons. The molecular weight excluding hydrogens is 360 g/mol. The summed E-state index contributed by atoms with van der Waals surface area (Å²) in [5.74, 6) is 7.57. The summed E-state index contributed by atoms with van der Waals surface area (Å²) in [4.78, 5) is 0.387. The smallest absolute Gasteiger partial charge is 0.175 e. The summed E-state index contributed by atoms with van der Waals surface area (Å²) in [6.45, 7) is 1.49. The van der Waals surface area contributed by atoms with Gasteiger partial charge in [0.15, 0.2) is 9.84 Å². The minimum Gasteiger partial charge on any atom is -0.493 e. The zero-order valence-corrected chi connectivity index (χ0v) is 16.4. The molecule has 2 aromatic carbocycles. The third-order valence-corrected chi connectivity index (χ3v) is 6.77. The molecule has 0 amide bonds. The molecule has 0 spiro atoms. The van der Waals surface area contributed by atoms with E-state index in [0.717, 1.165) is 49.1 Å². The van der Waals surface area contributed by atoms with Crippen molar-refractivity contribution in [2.24, 2.45) is 11.8 Å². The van der Waals surface area contributed by atoms with Crippen LogP contribution in [-0.4, -0.2) is 32.8 Å². The van der Waals surface area contributed by atoms with Crippen molar-refractivity contribution in [2.45, 2.75) is 36.6 Å². The number of hydrogen-bond acceptors (Lipinski definition) is 5. The van der Waals surface area contributed by atoms with Crippen molar-refractivity contribution < 1.29 is 13.2 Å². The van der Waals surface area contributed by atoms with Gasteiger partial charge in [0, 0.05) is 19.2 Å². The minimum atomic E-state index is -3.25. The van der Waals surface area contributed by atoms with Crippen LogP contribution in [0.25, 0.3) is 0 Å². The molecule has 2 heterocycles. The Morgan fingerprint density at radius 1 is 1.22 bits per heavy atom. The number of sulfone groups is 1. The highest BCUT2D eigenvalue weighted by molar-refractivity contribution is 7.90. The molecule has 4 rings (SSSR count). The van der Waals surface area contributed by atoms with Crippen LogP contribution < -0.4 is 10.6 Å². The molecule has 1 saturated heterocycles. The van der Waals surface area contributed by atoms with Gasteiger partial charge in [0.05, 0.1) is 17.5 Å². The van der Waals surface area contributed by atoms with E-state index in [4.69, 9.17) is 10.6 Å². The lowest BCUT2D eigenvalue weighted by atomic mass is 9.81. The summed E-state index contributed by atoms with van der Waals surface area (Å²) in [5.41, 5.74) is 3.21. The van der Waals surface area contributed by atoms with Crippen LogP contribution in [0.15, 0.2) is 47.4 Å². The maximum Gasteiger partial charge on any atom is 0.175 e. The monoisotopic (exact) mass is 386 g/mol. The van der Waals surface area contributed by atoms with Crippen molar-refractivity contribution in [3.8, 4) is 5.75 Å². The lowest BCUT2D eigenvalue weighted by Crippen LogP contribution is -2.44. The molecule has 0 unspecified atom stereocenters. The number of hydrogen-bond donors (Lipinski definition) is 1. The first-order valence-corrected chi connectivity index (χ1v) is 11.4. The van der Waals surface area contributed by atoms with Gasteiger partial charge in [0.25, 0.3) is 0 Å². The maximum atomic E-state index is 12.1. The van der Waals surface area contributed by atoms with Crippen molar-refractivity contribution in [1.29, 1.82) is 0 Å². The van der Waals surface area contributed by atoms with Gasteiger partial charge in [-0.2, -0.15) is 0 Å². The third kappa shape index (κ3) is 3.74. The number of piperidine rings is 1. The molecule has 6 heteroatoms. The summed E-state index contributed by atoms with van der Waals surface area (Å²) in [5, 5.41) is 1.94. The van der Waals surface area contributed by atoms with Gasteiger partial charge in [-0.25, -0.2) is 13.4 Å². The van der Waals surface area contributed by atoms with E-state index in [2.05, 4.69) is 12.1 Å². The van der Waals surface area contributed by atoms with Gasteiger partial charge in [-0.15, -0.1) is 0 Å². The zero-order valence-electron chi connectivity index (χ0n) is 15.6. The van der Waals surface area contributed by atoms with E-state index in [-0.39, 0.29) is 6.04 Å². The standard InChI is InChI=1S/C21H26N2O3S/c1-27(24,25)19-13-17-9-11-26-21(17)18(14-19)12-16-8-5-10-23(22)20(16)15-6-3-2-4-7-15/h2-4,6-7,13-14,16,20H,5,8-12,22H2,1H3/t16-,20+/m0/s1. The lowest BCUT2D eigenvalue weighted by Gasteiger charge is -2.39. The fourth-order valence-electron chi connectivity index (χ4n) is 4.44. The lowest BCUT2D eigenvalue weighted by molar-refractivity contribution is 0.0922. The van der Waals surface area contributed by atoms with Crippen LogP contribution in [0.2, 0.25) is 0 Å². The van der Waals surface area contributed by atoms with Crippen molar-refractivity contribution in [3.05, 3.63) is 59.2 Å². The van der Waals surface area contributed by atoms with Crippen LogP contribution in [-0.2, 0) is 22.7 Å². The average Bonchev–Trinajstić information content (AvgIpc) is 3.11. The molecule has 2 aromatic rings. The van der Waals surface area contributed by atoms with E-state index in [1.165, 1.54) is 11.8 Å². The average molecular weight is 387 g/mol. The first-order chi connectivity index (χ1) is 12.9. The van der Waals surface area contributed by atoms with E-state index in [0.29, 0.717) is 17.4 Å². The number of hydrazine groups is 1. The van der Waals surface area contributed by atoms with Crippen molar-refractivity contribution in [1.82, 2.24) is 5.01 Å². The van der Waals surface area contributed by atoms with Crippen LogP contribution >= 0.6 is 0 Å². The van der Waals surface area contributed by atoms with Gasteiger partial charge in [0.2, 0.25) is 0 Å². The van der Waals surface area contributed by atoms with Gasteiger partial charge in [-0.1, -0.05) is 30.3 Å². The van der Waals surface area contributed by atoms with Crippen molar-refractivity contribution in [2.75, 3.05) is 19.4 Å². The van der Waals surface area contributed by atoms with Gasteiger partial charge in [-0.3, -0.25) is 5.84 Å². The molecule has 0 radical (unpaired) electrons. The first kappa shape index (κ1) is 18.5. The molecule has 0 saturated carbocycles. The fraction of sp³-hybridized carbons (Fsp3) is 0.429. The van der Waals surface area contributed by atoms with Crippen molar-refractivity contribution >= 4 is 9.84 Å². The topological polar surface area (TPSA) is 72.6 Å². The highest BCUT2D eigenvalue weighted by atomic mass is 32.2. The Morgan fingerprint density at radius 3 is 2.74 bits per heavy atom. The molecule has 2 N–H and O–H groups in total. The Kier molecular flexibility index (Phi) is 4.97. The molecule has 27 heavy (non-hydrogen) atoms. The van der Waals surface area contributed by atoms with Gasteiger partial charge in [0.1, 0.15) is 5.75 Å². The molecule has 0 bridgehead atoms. The molecule has 2 atom stereocenters. The number of rotatable bonds is 4. The molecule has 2 aliphatic rings. The second-order valence-corrected chi connectivity index (χ2v) is 9.66. The molecule has 0 aromatic heterocycles. The number of nitrogens with zero attached hydrogens (tertiary/aromatic N) is 1. The number of ether oxygens (including phenoxy) is 1. The van der Waals surface area contributed by atoms with Crippen LogP contribution in [0.1, 0.15) is 35.6 Å². The predicted octanol–water partition coefficient (Wildman–Crippen LogP) is 2.89. The second-order valence-electron chi connectivity index (χ2n) is 7.64. The van der Waals surface area contributed by atoms with E-state index >= 15 is 0 Å². The fourth-order valence-corrected chi connectivity index (χ4v) is 5.15.